The standard InChI is InChI=1S/C11H23O/c1-4-5-6-7-8-9-11(12)10(2)3/h11-12H,4-9H2,1-3H3. The van der Waals surface area contributed by atoms with E-state index >= 15 is 0 Å². The molecule has 0 saturated heterocycles. The molecular weight excluding hydrogens is 148 g/mol. The van der Waals surface area contributed by atoms with Gasteiger partial charge < -0.3 is 5.11 Å². The van der Waals surface area contributed by atoms with Crippen molar-refractivity contribution in [3.8, 4) is 0 Å². The molecule has 0 aromatic heterocycles. The summed E-state index contributed by atoms with van der Waals surface area (Å²) in [6.45, 7) is 6.21. The molecule has 0 rings (SSSR count). The number of hydrogen-bond donors (Lipinski definition) is 1. The van der Waals surface area contributed by atoms with Gasteiger partial charge in [0.25, 0.3) is 0 Å². The van der Waals surface area contributed by atoms with Gasteiger partial charge in [0.1, 0.15) is 0 Å². The van der Waals surface area contributed by atoms with Crippen LogP contribution in [0.3, 0.4) is 0 Å². The topological polar surface area (TPSA) is 20.2 Å². The summed E-state index contributed by atoms with van der Waals surface area (Å²) < 4.78 is 0. The second kappa shape index (κ2) is 7.60. The van der Waals surface area contributed by atoms with Gasteiger partial charge in [-0.2, -0.15) is 0 Å². The largest absolute Gasteiger partial charge is 0.393 e. The van der Waals surface area contributed by atoms with Crippen molar-refractivity contribution in [1.82, 2.24) is 0 Å². The molecule has 0 saturated carbocycles. The lowest BCUT2D eigenvalue weighted by atomic mass is 10.0. The Labute approximate surface area is 77.2 Å². The van der Waals surface area contributed by atoms with E-state index in [-0.39, 0.29) is 6.10 Å². The lowest BCUT2D eigenvalue weighted by Gasteiger charge is -2.12. The zero-order valence-corrected chi connectivity index (χ0v) is 8.77. The van der Waals surface area contributed by atoms with Crippen LogP contribution in [-0.4, -0.2) is 11.2 Å². The van der Waals surface area contributed by atoms with Crippen LogP contribution in [-0.2, 0) is 0 Å². The molecule has 0 aromatic carbocycles. The third-order valence-corrected chi connectivity index (χ3v) is 2.25. The van der Waals surface area contributed by atoms with Crippen molar-refractivity contribution in [2.75, 3.05) is 0 Å². The minimum Gasteiger partial charge on any atom is -0.393 e. The van der Waals surface area contributed by atoms with E-state index in [9.17, 15) is 5.11 Å². The van der Waals surface area contributed by atoms with Crippen molar-refractivity contribution < 1.29 is 5.11 Å². The summed E-state index contributed by atoms with van der Waals surface area (Å²) in [5.41, 5.74) is 0. The SMILES string of the molecule is CCCCCCCC(O)[C](C)C. The molecular formula is C11H23O. The number of aliphatic hydroxyl groups excluding tert-OH is 1. The predicted molar refractivity (Wildman–Crippen MR) is 54.0 cm³/mol. The van der Waals surface area contributed by atoms with Crippen molar-refractivity contribution in [2.24, 2.45) is 0 Å². The molecule has 0 aliphatic carbocycles. The fourth-order valence-corrected chi connectivity index (χ4v) is 1.23. The van der Waals surface area contributed by atoms with E-state index in [0.29, 0.717) is 0 Å². The Morgan fingerprint density at radius 1 is 1.08 bits per heavy atom. The first-order valence-corrected chi connectivity index (χ1v) is 5.16. The van der Waals surface area contributed by atoms with Gasteiger partial charge in [0, 0.05) is 0 Å². The summed E-state index contributed by atoms with van der Waals surface area (Å²) in [5.74, 6) is 1.14. The van der Waals surface area contributed by atoms with Crippen LogP contribution in [0, 0.1) is 5.92 Å². The highest BCUT2D eigenvalue weighted by molar-refractivity contribution is 4.86. The fourth-order valence-electron chi connectivity index (χ4n) is 1.23. The summed E-state index contributed by atoms with van der Waals surface area (Å²) in [5, 5.41) is 9.45. The molecule has 1 N–H and O–H groups in total. The maximum atomic E-state index is 9.45. The van der Waals surface area contributed by atoms with Gasteiger partial charge in [-0.3, -0.25) is 0 Å². The fraction of sp³-hybridized carbons (Fsp3) is 0.909. The molecule has 1 nitrogen and oxygen atoms in total. The molecule has 1 radical (unpaired) electrons. The first-order valence-electron chi connectivity index (χ1n) is 5.16. The quantitative estimate of drug-likeness (QED) is 0.583. The summed E-state index contributed by atoms with van der Waals surface area (Å²) in [7, 11) is 0. The van der Waals surface area contributed by atoms with Crippen LogP contribution in [0.25, 0.3) is 0 Å². The monoisotopic (exact) mass is 171 g/mol. The van der Waals surface area contributed by atoms with E-state index in [1.165, 1.54) is 32.1 Å². The van der Waals surface area contributed by atoms with Crippen molar-refractivity contribution in [2.45, 2.75) is 65.4 Å². The molecule has 0 aliphatic rings. The first-order chi connectivity index (χ1) is 5.68. The van der Waals surface area contributed by atoms with E-state index in [0.717, 1.165) is 12.3 Å². The highest BCUT2D eigenvalue weighted by Gasteiger charge is 2.07. The van der Waals surface area contributed by atoms with Gasteiger partial charge >= 0.3 is 0 Å². The minimum absolute atomic E-state index is 0.161. The van der Waals surface area contributed by atoms with E-state index in [2.05, 4.69) is 6.92 Å². The zero-order valence-electron chi connectivity index (χ0n) is 8.77. The highest BCUT2D eigenvalue weighted by atomic mass is 16.3. The Bertz CT molecular complexity index is 89.0. The van der Waals surface area contributed by atoms with Crippen LogP contribution >= 0.6 is 0 Å². The van der Waals surface area contributed by atoms with E-state index in [1.54, 1.807) is 0 Å². The second-order valence-corrected chi connectivity index (χ2v) is 3.80. The lowest BCUT2D eigenvalue weighted by Crippen LogP contribution is -2.12. The molecule has 0 bridgehead atoms. The zero-order chi connectivity index (χ0) is 9.40. The maximum absolute atomic E-state index is 9.45. The van der Waals surface area contributed by atoms with Crippen LogP contribution in [0.1, 0.15) is 59.3 Å². The molecule has 0 amide bonds. The normalized spacial score (nSPS) is 13.8. The maximum Gasteiger partial charge on any atom is 0.0597 e. The molecule has 0 aromatic rings. The van der Waals surface area contributed by atoms with Gasteiger partial charge in [-0.05, 0) is 12.3 Å². The molecule has 1 unspecified atom stereocenters. The van der Waals surface area contributed by atoms with Crippen molar-refractivity contribution in [3.05, 3.63) is 5.92 Å². The number of unbranched alkanes of at least 4 members (excludes halogenated alkanes) is 4. The molecule has 1 atom stereocenters. The van der Waals surface area contributed by atoms with Crippen LogP contribution in [0.4, 0.5) is 0 Å². The average Bonchev–Trinajstić information content (AvgIpc) is 2.03. The summed E-state index contributed by atoms with van der Waals surface area (Å²) in [4.78, 5) is 0. The Morgan fingerprint density at radius 3 is 2.17 bits per heavy atom. The van der Waals surface area contributed by atoms with Gasteiger partial charge in [-0.25, -0.2) is 0 Å². The number of hydrogen-bond acceptors (Lipinski definition) is 1. The smallest absolute Gasteiger partial charge is 0.0597 e. The molecule has 0 heterocycles. The third-order valence-electron chi connectivity index (χ3n) is 2.25. The van der Waals surface area contributed by atoms with Crippen LogP contribution < -0.4 is 0 Å². The first kappa shape index (κ1) is 12.0. The van der Waals surface area contributed by atoms with Crippen LogP contribution in [0.2, 0.25) is 0 Å². The van der Waals surface area contributed by atoms with Crippen LogP contribution in [0.5, 0.6) is 0 Å². The summed E-state index contributed by atoms with van der Waals surface area (Å²) in [6.07, 6.45) is 7.20. The minimum atomic E-state index is -0.161. The number of aliphatic hydroxyl groups is 1. The second-order valence-electron chi connectivity index (χ2n) is 3.80. The van der Waals surface area contributed by atoms with E-state index < -0.39 is 0 Å². The van der Waals surface area contributed by atoms with Gasteiger partial charge in [0.2, 0.25) is 0 Å². The molecule has 0 spiro atoms. The molecule has 12 heavy (non-hydrogen) atoms. The third kappa shape index (κ3) is 6.66. The average molecular weight is 171 g/mol. The number of rotatable bonds is 7. The molecule has 73 valence electrons. The molecule has 0 fully saturated rings. The van der Waals surface area contributed by atoms with Crippen molar-refractivity contribution in [1.29, 1.82) is 0 Å². The van der Waals surface area contributed by atoms with Gasteiger partial charge in [-0.15, -0.1) is 0 Å². The summed E-state index contributed by atoms with van der Waals surface area (Å²) in [6, 6.07) is 0. The molecule has 0 aliphatic heterocycles. The summed E-state index contributed by atoms with van der Waals surface area (Å²) >= 11 is 0. The predicted octanol–water partition coefficient (Wildman–Crippen LogP) is 3.32. The molecule has 1 heteroatoms. The van der Waals surface area contributed by atoms with Gasteiger partial charge in [0.15, 0.2) is 0 Å². The van der Waals surface area contributed by atoms with E-state index in [1.807, 2.05) is 13.8 Å². The van der Waals surface area contributed by atoms with Crippen LogP contribution in [0.15, 0.2) is 0 Å². The van der Waals surface area contributed by atoms with Crippen molar-refractivity contribution in [3.63, 3.8) is 0 Å². The van der Waals surface area contributed by atoms with Gasteiger partial charge in [-0.1, -0.05) is 52.9 Å². The Morgan fingerprint density at radius 2 is 1.67 bits per heavy atom. The highest BCUT2D eigenvalue weighted by Crippen LogP contribution is 2.13. The van der Waals surface area contributed by atoms with Gasteiger partial charge in [0.05, 0.1) is 6.10 Å². The van der Waals surface area contributed by atoms with E-state index in [4.69, 9.17) is 0 Å². The van der Waals surface area contributed by atoms with Crippen molar-refractivity contribution >= 4 is 0 Å². The Kier molecular flexibility index (Phi) is 7.58. The Hall–Kier alpha value is -0.0400. The Balaban J connectivity index is 3.08. The lowest BCUT2D eigenvalue weighted by molar-refractivity contribution is 0.174.